The number of halogens is 1. The van der Waals surface area contributed by atoms with Gasteiger partial charge in [0.15, 0.2) is 0 Å². The van der Waals surface area contributed by atoms with Gasteiger partial charge < -0.3 is 10.2 Å². The van der Waals surface area contributed by atoms with Crippen LogP contribution in [0.3, 0.4) is 0 Å². The largest absolute Gasteiger partial charge is 0.310 e. The summed E-state index contributed by atoms with van der Waals surface area (Å²) in [6, 6.07) is 7.31. The van der Waals surface area contributed by atoms with Crippen LogP contribution in [0.25, 0.3) is 0 Å². The summed E-state index contributed by atoms with van der Waals surface area (Å²) in [6.07, 6.45) is 1.87. The Kier molecular flexibility index (Phi) is 4.56. The van der Waals surface area contributed by atoms with Crippen LogP contribution in [0.5, 0.6) is 0 Å². The van der Waals surface area contributed by atoms with E-state index in [0.29, 0.717) is 5.56 Å². The molecule has 0 aliphatic carbocycles. The Bertz CT molecular complexity index is 522. The quantitative estimate of drug-likeness (QED) is 0.930. The molecule has 0 spiro atoms. The number of amides is 1. The van der Waals surface area contributed by atoms with Gasteiger partial charge in [0.25, 0.3) is 0 Å². The Hall–Kier alpha value is -1.38. The lowest BCUT2D eigenvalue weighted by Crippen LogP contribution is -2.50. The van der Waals surface area contributed by atoms with Crippen molar-refractivity contribution in [2.45, 2.75) is 25.8 Å². The molecule has 1 aromatic rings. The van der Waals surface area contributed by atoms with E-state index in [2.05, 4.69) is 27.3 Å². The SMILES string of the molecule is CCNC1CCCN(c2ccc(C#N)cc2Br)C1=O. The molecule has 1 heterocycles. The summed E-state index contributed by atoms with van der Waals surface area (Å²) >= 11 is 3.44. The summed E-state index contributed by atoms with van der Waals surface area (Å²) < 4.78 is 0.789. The predicted octanol–water partition coefficient (Wildman–Crippen LogP) is 2.43. The number of nitrogens with one attached hydrogen (secondary N) is 1. The lowest BCUT2D eigenvalue weighted by atomic mass is 10.0. The molecule has 1 aromatic carbocycles. The summed E-state index contributed by atoms with van der Waals surface area (Å²) in [5.74, 6) is 0.110. The van der Waals surface area contributed by atoms with Gasteiger partial charge in [0, 0.05) is 11.0 Å². The van der Waals surface area contributed by atoms with Crippen molar-refractivity contribution in [2.24, 2.45) is 0 Å². The molecule has 0 radical (unpaired) electrons. The van der Waals surface area contributed by atoms with Crippen molar-refractivity contribution in [1.29, 1.82) is 5.26 Å². The molecule has 5 heteroatoms. The molecule has 0 aromatic heterocycles. The topological polar surface area (TPSA) is 56.1 Å². The van der Waals surface area contributed by atoms with Crippen LogP contribution in [0.1, 0.15) is 25.3 Å². The van der Waals surface area contributed by atoms with Crippen LogP contribution in [-0.2, 0) is 4.79 Å². The van der Waals surface area contributed by atoms with Crippen molar-refractivity contribution in [2.75, 3.05) is 18.0 Å². The Morgan fingerprint density at radius 3 is 3.00 bits per heavy atom. The fourth-order valence-corrected chi connectivity index (χ4v) is 2.94. The summed E-state index contributed by atoms with van der Waals surface area (Å²) in [5.41, 5.74) is 1.43. The van der Waals surface area contributed by atoms with Crippen LogP contribution in [-0.4, -0.2) is 25.0 Å². The Labute approximate surface area is 121 Å². The molecule has 1 N–H and O–H groups in total. The fourth-order valence-electron chi connectivity index (χ4n) is 2.35. The van der Waals surface area contributed by atoms with E-state index in [9.17, 15) is 4.79 Å². The molecular formula is C14H16BrN3O. The Balaban J connectivity index is 2.26. The first-order chi connectivity index (χ1) is 9.17. The average molecular weight is 322 g/mol. The standard InChI is InChI=1S/C14H16BrN3O/c1-2-17-12-4-3-7-18(14(12)19)13-6-5-10(9-16)8-11(13)15/h5-6,8,12,17H,2-4,7H2,1H3. The van der Waals surface area contributed by atoms with Gasteiger partial charge in [-0.2, -0.15) is 5.26 Å². The van der Waals surface area contributed by atoms with Crippen LogP contribution in [0.2, 0.25) is 0 Å². The van der Waals surface area contributed by atoms with E-state index in [0.717, 1.165) is 36.1 Å². The summed E-state index contributed by atoms with van der Waals surface area (Å²) in [6.45, 7) is 3.52. The highest BCUT2D eigenvalue weighted by molar-refractivity contribution is 9.10. The highest BCUT2D eigenvalue weighted by Crippen LogP contribution is 2.30. The van der Waals surface area contributed by atoms with E-state index in [1.54, 1.807) is 17.0 Å². The lowest BCUT2D eigenvalue weighted by Gasteiger charge is -2.33. The van der Waals surface area contributed by atoms with Gasteiger partial charge in [-0.15, -0.1) is 0 Å². The first-order valence-corrected chi connectivity index (χ1v) is 7.21. The number of carbonyl (C=O) groups is 1. The second-order valence-corrected chi connectivity index (χ2v) is 5.37. The molecule has 1 fully saturated rings. The van der Waals surface area contributed by atoms with Gasteiger partial charge in [-0.3, -0.25) is 4.79 Å². The number of anilines is 1. The second-order valence-electron chi connectivity index (χ2n) is 4.52. The molecule has 4 nitrogen and oxygen atoms in total. The molecule has 19 heavy (non-hydrogen) atoms. The monoisotopic (exact) mass is 321 g/mol. The smallest absolute Gasteiger partial charge is 0.244 e. The third kappa shape index (κ3) is 2.96. The first kappa shape index (κ1) is 14.0. The number of likely N-dealkylation sites (N-methyl/N-ethyl adjacent to an activating group) is 1. The van der Waals surface area contributed by atoms with Crippen LogP contribution >= 0.6 is 15.9 Å². The molecule has 1 saturated heterocycles. The Morgan fingerprint density at radius 1 is 1.58 bits per heavy atom. The van der Waals surface area contributed by atoms with Gasteiger partial charge in [0.2, 0.25) is 5.91 Å². The van der Waals surface area contributed by atoms with Crippen molar-refractivity contribution in [3.63, 3.8) is 0 Å². The second kappa shape index (κ2) is 6.18. The van der Waals surface area contributed by atoms with Crippen molar-refractivity contribution in [1.82, 2.24) is 5.32 Å². The number of hydrogen-bond acceptors (Lipinski definition) is 3. The fraction of sp³-hybridized carbons (Fsp3) is 0.429. The van der Waals surface area contributed by atoms with Gasteiger partial charge in [-0.1, -0.05) is 6.92 Å². The maximum absolute atomic E-state index is 12.4. The number of nitrogens with zero attached hydrogens (tertiary/aromatic N) is 2. The number of piperidine rings is 1. The Morgan fingerprint density at radius 2 is 2.37 bits per heavy atom. The van der Waals surface area contributed by atoms with Gasteiger partial charge >= 0.3 is 0 Å². The van der Waals surface area contributed by atoms with Crippen molar-refractivity contribution >= 4 is 27.5 Å². The average Bonchev–Trinajstić information content (AvgIpc) is 2.42. The number of benzene rings is 1. The van der Waals surface area contributed by atoms with Crippen LogP contribution < -0.4 is 10.2 Å². The number of carbonyl (C=O) groups excluding carboxylic acids is 1. The van der Waals surface area contributed by atoms with Gasteiger partial charge in [-0.05, 0) is 53.5 Å². The van der Waals surface area contributed by atoms with Crippen molar-refractivity contribution < 1.29 is 4.79 Å². The zero-order valence-electron chi connectivity index (χ0n) is 10.8. The summed E-state index contributed by atoms with van der Waals surface area (Å²) in [4.78, 5) is 14.2. The third-order valence-electron chi connectivity index (χ3n) is 3.26. The van der Waals surface area contributed by atoms with E-state index < -0.39 is 0 Å². The summed E-state index contributed by atoms with van der Waals surface area (Å²) in [5, 5.41) is 12.1. The predicted molar refractivity (Wildman–Crippen MR) is 77.9 cm³/mol. The highest BCUT2D eigenvalue weighted by Gasteiger charge is 2.29. The zero-order valence-corrected chi connectivity index (χ0v) is 12.4. The normalized spacial score (nSPS) is 19.3. The van der Waals surface area contributed by atoms with E-state index in [-0.39, 0.29) is 11.9 Å². The lowest BCUT2D eigenvalue weighted by molar-refractivity contribution is -0.121. The van der Waals surface area contributed by atoms with Crippen LogP contribution in [0, 0.1) is 11.3 Å². The maximum atomic E-state index is 12.4. The minimum Gasteiger partial charge on any atom is -0.310 e. The molecule has 1 aliphatic rings. The minimum atomic E-state index is -0.0960. The van der Waals surface area contributed by atoms with E-state index in [1.807, 2.05) is 13.0 Å². The third-order valence-corrected chi connectivity index (χ3v) is 3.89. The zero-order chi connectivity index (χ0) is 13.8. The molecule has 1 amide bonds. The number of nitriles is 1. The van der Waals surface area contributed by atoms with Gasteiger partial charge in [0.05, 0.1) is 23.4 Å². The molecular weight excluding hydrogens is 306 g/mol. The molecule has 0 saturated carbocycles. The van der Waals surface area contributed by atoms with Gasteiger partial charge in [-0.25, -0.2) is 0 Å². The first-order valence-electron chi connectivity index (χ1n) is 6.41. The van der Waals surface area contributed by atoms with E-state index in [4.69, 9.17) is 5.26 Å². The van der Waals surface area contributed by atoms with Crippen molar-refractivity contribution in [3.05, 3.63) is 28.2 Å². The molecule has 1 atom stereocenters. The molecule has 1 aliphatic heterocycles. The molecule has 2 rings (SSSR count). The molecule has 0 bridgehead atoms. The van der Waals surface area contributed by atoms with Crippen molar-refractivity contribution in [3.8, 4) is 6.07 Å². The minimum absolute atomic E-state index is 0.0960. The maximum Gasteiger partial charge on any atom is 0.244 e. The highest BCUT2D eigenvalue weighted by atomic mass is 79.9. The van der Waals surface area contributed by atoms with Gasteiger partial charge in [0.1, 0.15) is 0 Å². The van der Waals surface area contributed by atoms with Crippen LogP contribution in [0.4, 0.5) is 5.69 Å². The number of rotatable bonds is 3. The van der Waals surface area contributed by atoms with E-state index in [1.165, 1.54) is 0 Å². The number of hydrogen-bond donors (Lipinski definition) is 1. The summed E-state index contributed by atoms with van der Waals surface area (Å²) in [7, 11) is 0. The van der Waals surface area contributed by atoms with E-state index >= 15 is 0 Å². The molecule has 100 valence electrons. The van der Waals surface area contributed by atoms with Crippen LogP contribution in [0.15, 0.2) is 22.7 Å². The molecule has 1 unspecified atom stereocenters.